The van der Waals surface area contributed by atoms with E-state index >= 15 is 0 Å². The Hall–Kier alpha value is -3.29. The molecular formula is C24H28FN5O2. The van der Waals surface area contributed by atoms with Crippen LogP contribution in [0.25, 0.3) is 11.3 Å². The SMILES string of the molecule is CN1N=CCC1C(=O)NC[C@H]1CCC[C@@H](NC(=O)c2ccc(-c3cccc(F)c3)nc2)C1. The molecule has 1 aliphatic carbocycles. The van der Waals surface area contributed by atoms with Crippen LogP contribution in [0.3, 0.4) is 0 Å². The van der Waals surface area contributed by atoms with Gasteiger partial charge in [0.2, 0.25) is 5.91 Å². The van der Waals surface area contributed by atoms with E-state index in [4.69, 9.17) is 0 Å². The highest BCUT2D eigenvalue weighted by atomic mass is 19.1. The first-order chi connectivity index (χ1) is 15.5. The number of pyridine rings is 1. The molecule has 8 heteroatoms. The second-order valence-electron chi connectivity index (χ2n) is 8.51. The van der Waals surface area contributed by atoms with Gasteiger partial charge in [0.05, 0.1) is 11.3 Å². The van der Waals surface area contributed by atoms with E-state index in [-0.39, 0.29) is 29.7 Å². The molecule has 32 heavy (non-hydrogen) atoms. The van der Waals surface area contributed by atoms with Gasteiger partial charge in [0.15, 0.2) is 0 Å². The van der Waals surface area contributed by atoms with Crippen molar-refractivity contribution in [3.8, 4) is 11.3 Å². The Morgan fingerprint density at radius 3 is 2.81 bits per heavy atom. The van der Waals surface area contributed by atoms with Crippen LogP contribution in [0.1, 0.15) is 42.5 Å². The van der Waals surface area contributed by atoms with Gasteiger partial charge in [-0.3, -0.25) is 19.6 Å². The molecule has 2 N–H and O–H groups in total. The summed E-state index contributed by atoms with van der Waals surface area (Å²) in [6.45, 7) is 0.611. The summed E-state index contributed by atoms with van der Waals surface area (Å²) in [6, 6.07) is 9.50. The van der Waals surface area contributed by atoms with Gasteiger partial charge in [-0.15, -0.1) is 0 Å². The topological polar surface area (TPSA) is 86.7 Å². The van der Waals surface area contributed by atoms with Crippen LogP contribution < -0.4 is 10.6 Å². The first-order valence-electron chi connectivity index (χ1n) is 11.1. The summed E-state index contributed by atoms with van der Waals surface area (Å²) in [7, 11) is 1.81. The van der Waals surface area contributed by atoms with Gasteiger partial charge in [-0.05, 0) is 49.4 Å². The van der Waals surface area contributed by atoms with Crippen LogP contribution in [0.2, 0.25) is 0 Å². The molecule has 1 aromatic heterocycles. The quantitative estimate of drug-likeness (QED) is 0.728. The zero-order valence-electron chi connectivity index (χ0n) is 18.1. The number of hydrogen-bond donors (Lipinski definition) is 2. The number of likely N-dealkylation sites (N-methyl/N-ethyl adjacent to an activating group) is 1. The number of hydrazone groups is 1. The molecule has 3 atom stereocenters. The maximum atomic E-state index is 13.4. The molecule has 0 spiro atoms. The van der Waals surface area contributed by atoms with Crippen molar-refractivity contribution in [2.24, 2.45) is 11.0 Å². The van der Waals surface area contributed by atoms with Crippen molar-refractivity contribution in [3.05, 3.63) is 54.0 Å². The zero-order valence-corrected chi connectivity index (χ0v) is 18.1. The maximum Gasteiger partial charge on any atom is 0.253 e. The minimum Gasteiger partial charge on any atom is -0.354 e. The third-order valence-corrected chi connectivity index (χ3v) is 6.18. The fourth-order valence-corrected chi connectivity index (χ4v) is 4.37. The number of aromatic nitrogens is 1. The molecule has 2 aromatic rings. The second-order valence-corrected chi connectivity index (χ2v) is 8.51. The molecule has 2 heterocycles. The van der Waals surface area contributed by atoms with Crippen LogP contribution in [-0.2, 0) is 4.79 Å². The number of nitrogens with one attached hydrogen (secondary N) is 2. The lowest BCUT2D eigenvalue weighted by Crippen LogP contribution is -2.45. The van der Waals surface area contributed by atoms with Crippen molar-refractivity contribution in [3.63, 3.8) is 0 Å². The fraction of sp³-hybridized carbons (Fsp3) is 0.417. The number of rotatable bonds is 6. The summed E-state index contributed by atoms with van der Waals surface area (Å²) in [5.41, 5.74) is 1.77. The number of amides is 2. The van der Waals surface area contributed by atoms with Gasteiger partial charge in [-0.2, -0.15) is 5.10 Å². The Morgan fingerprint density at radius 2 is 2.09 bits per heavy atom. The summed E-state index contributed by atoms with van der Waals surface area (Å²) in [5.74, 6) is -0.153. The summed E-state index contributed by atoms with van der Waals surface area (Å²) in [5, 5.41) is 11.9. The zero-order chi connectivity index (χ0) is 22.5. The number of halogens is 1. The van der Waals surface area contributed by atoms with Crippen molar-refractivity contribution in [1.82, 2.24) is 20.6 Å². The van der Waals surface area contributed by atoms with E-state index in [9.17, 15) is 14.0 Å². The van der Waals surface area contributed by atoms with E-state index in [1.807, 2.05) is 0 Å². The van der Waals surface area contributed by atoms with Gasteiger partial charge in [0.1, 0.15) is 11.9 Å². The molecule has 168 valence electrons. The van der Waals surface area contributed by atoms with Gasteiger partial charge in [-0.1, -0.05) is 18.6 Å². The Labute approximate surface area is 187 Å². The Kier molecular flexibility index (Phi) is 6.78. The minimum absolute atomic E-state index is 0.000575. The molecule has 7 nitrogen and oxygen atoms in total. The van der Waals surface area contributed by atoms with Gasteiger partial charge in [0.25, 0.3) is 5.91 Å². The highest BCUT2D eigenvalue weighted by molar-refractivity contribution is 5.94. The highest BCUT2D eigenvalue weighted by Gasteiger charge is 2.28. The Bertz CT molecular complexity index is 994. The molecule has 2 amide bonds. The molecule has 0 radical (unpaired) electrons. The van der Waals surface area contributed by atoms with E-state index < -0.39 is 0 Å². The number of nitrogens with zero attached hydrogens (tertiary/aromatic N) is 3. The number of carbonyl (C=O) groups excluding carboxylic acids is 2. The molecule has 1 fully saturated rings. The lowest BCUT2D eigenvalue weighted by Gasteiger charge is -2.30. The van der Waals surface area contributed by atoms with Crippen LogP contribution in [0.15, 0.2) is 47.7 Å². The molecule has 1 unspecified atom stereocenters. The largest absolute Gasteiger partial charge is 0.354 e. The number of carbonyl (C=O) groups is 2. The second kappa shape index (κ2) is 9.89. The average Bonchev–Trinajstić information content (AvgIpc) is 3.24. The van der Waals surface area contributed by atoms with Crippen molar-refractivity contribution >= 4 is 18.0 Å². The summed E-state index contributed by atoms with van der Waals surface area (Å²) in [4.78, 5) is 29.4. The first kappa shape index (κ1) is 21.9. The number of benzene rings is 1. The molecule has 1 aromatic carbocycles. The van der Waals surface area contributed by atoms with Crippen LogP contribution in [0, 0.1) is 11.7 Å². The van der Waals surface area contributed by atoms with Gasteiger partial charge >= 0.3 is 0 Å². The summed E-state index contributed by atoms with van der Waals surface area (Å²) < 4.78 is 13.4. The minimum atomic E-state index is -0.322. The van der Waals surface area contributed by atoms with E-state index in [2.05, 4.69) is 20.7 Å². The Balaban J connectivity index is 1.28. The van der Waals surface area contributed by atoms with E-state index in [1.165, 1.54) is 18.3 Å². The predicted molar refractivity (Wildman–Crippen MR) is 121 cm³/mol. The molecular weight excluding hydrogens is 409 g/mol. The average molecular weight is 438 g/mol. The van der Waals surface area contributed by atoms with E-state index in [1.54, 1.807) is 42.5 Å². The fourth-order valence-electron chi connectivity index (χ4n) is 4.37. The lowest BCUT2D eigenvalue weighted by molar-refractivity contribution is -0.125. The molecule has 1 saturated carbocycles. The van der Waals surface area contributed by atoms with E-state index in [0.29, 0.717) is 35.7 Å². The van der Waals surface area contributed by atoms with Gasteiger partial charge in [0, 0.05) is 44.0 Å². The van der Waals surface area contributed by atoms with Crippen molar-refractivity contribution in [2.45, 2.75) is 44.2 Å². The van der Waals surface area contributed by atoms with Crippen LogP contribution in [-0.4, -0.2) is 53.7 Å². The molecule has 0 saturated heterocycles. The first-order valence-corrected chi connectivity index (χ1v) is 11.1. The monoisotopic (exact) mass is 437 g/mol. The third kappa shape index (κ3) is 5.30. The smallest absolute Gasteiger partial charge is 0.253 e. The lowest BCUT2D eigenvalue weighted by atomic mass is 9.85. The van der Waals surface area contributed by atoms with E-state index in [0.717, 1.165) is 25.7 Å². The van der Waals surface area contributed by atoms with Crippen molar-refractivity contribution < 1.29 is 14.0 Å². The van der Waals surface area contributed by atoms with Crippen LogP contribution in [0.5, 0.6) is 0 Å². The molecule has 0 bridgehead atoms. The maximum absolute atomic E-state index is 13.4. The highest BCUT2D eigenvalue weighted by Crippen LogP contribution is 2.24. The van der Waals surface area contributed by atoms with Crippen LogP contribution in [0.4, 0.5) is 4.39 Å². The standard InChI is InChI=1S/C24H28FN5O2/c1-30-22(10-11-28-30)24(32)27-14-16-4-2-7-20(12-16)29-23(31)18-8-9-21(26-15-18)17-5-3-6-19(25)13-17/h3,5-6,8-9,11,13,15-16,20,22H,2,4,7,10,12,14H2,1H3,(H,27,32)(H,29,31)/t16-,20+,22?/m0/s1. The van der Waals surface area contributed by atoms with Crippen molar-refractivity contribution in [1.29, 1.82) is 0 Å². The predicted octanol–water partition coefficient (Wildman–Crippen LogP) is 2.98. The summed E-state index contributed by atoms with van der Waals surface area (Å²) in [6.07, 6.45) is 7.72. The third-order valence-electron chi connectivity index (χ3n) is 6.18. The van der Waals surface area contributed by atoms with Gasteiger partial charge < -0.3 is 10.6 Å². The molecule has 1 aliphatic heterocycles. The molecule has 4 rings (SSSR count). The number of hydrogen-bond acceptors (Lipinski definition) is 5. The summed E-state index contributed by atoms with van der Waals surface area (Å²) >= 11 is 0. The molecule has 2 aliphatic rings. The van der Waals surface area contributed by atoms with Gasteiger partial charge in [-0.25, -0.2) is 4.39 Å². The normalized spacial score (nSPS) is 22.6. The van der Waals surface area contributed by atoms with Crippen LogP contribution >= 0.6 is 0 Å². The van der Waals surface area contributed by atoms with Crippen molar-refractivity contribution in [2.75, 3.05) is 13.6 Å². The Morgan fingerprint density at radius 1 is 1.22 bits per heavy atom.